The van der Waals surface area contributed by atoms with Gasteiger partial charge in [0, 0.05) is 0 Å². The molecule has 0 aliphatic carbocycles. The molecule has 0 saturated carbocycles. The summed E-state index contributed by atoms with van der Waals surface area (Å²) >= 11 is 0. The SMILES string of the molecule is C/C(=C/C=C/B1OC(C)(C)C(C)(C)O1)C(O)C(C)(C)C(N)=O. The molecule has 1 aliphatic heterocycles. The summed E-state index contributed by atoms with van der Waals surface area (Å²) in [5, 5.41) is 10.2. The summed E-state index contributed by atoms with van der Waals surface area (Å²) < 4.78 is 11.7. The smallest absolute Gasteiger partial charge is 0.400 e. The van der Waals surface area contributed by atoms with Gasteiger partial charge in [0.2, 0.25) is 5.91 Å². The maximum atomic E-state index is 11.4. The largest absolute Gasteiger partial charge is 0.487 e. The first-order valence-electron chi connectivity index (χ1n) is 7.50. The fourth-order valence-electron chi connectivity index (χ4n) is 2.06. The normalized spacial score (nSPS) is 23.1. The highest BCUT2D eigenvalue weighted by molar-refractivity contribution is 6.51. The van der Waals surface area contributed by atoms with Gasteiger partial charge >= 0.3 is 7.12 Å². The van der Waals surface area contributed by atoms with Gasteiger partial charge in [0.05, 0.1) is 22.7 Å². The summed E-state index contributed by atoms with van der Waals surface area (Å²) in [5.41, 5.74) is 4.19. The molecular weight excluding hydrogens is 281 g/mol. The summed E-state index contributed by atoms with van der Waals surface area (Å²) in [4.78, 5) is 11.4. The molecular formula is C16H28BNO4. The van der Waals surface area contributed by atoms with E-state index in [1.165, 1.54) is 0 Å². The van der Waals surface area contributed by atoms with Gasteiger partial charge in [-0.1, -0.05) is 18.1 Å². The minimum atomic E-state index is -1.02. The van der Waals surface area contributed by atoms with Crippen LogP contribution in [0.5, 0.6) is 0 Å². The summed E-state index contributed by atoms with van der Waals surface area (Å²) in [5.74, 6) is 1.24. The Morgan fingerprint density at radius 2 is 1.68 bits per heavy atom. The number of aliphatic hydroxyl groups excluding tert-OH is 1. The Bertz CT molecular complexity index is 478. The van der Waals surface area contributed by atoms with Crippen LogP contribution in [0.25, 0.3) is 0 Å². The van der Waals surface area contributed by atoms with Crippen molar-refractivity contribution in [1.29, 1.82) is 0 Å². The van der Waals surface area contributed by atoms with Crippen LogP contribution in [0.15, 0.2) is 23.7 Å². The Morgan fingerprint density at radius 1 is 1.23 bits per heavy atom. The van der Waals surface area contributed by atoms with Gasteiger partial charge in [-0.15, -0.1) is 0 Å². The van der Waals surface area contributed by atoms with E-state index in [0.717, 1.165) is 0 Å². The van der Waals surface area contributed by atoms with Gasteiger partial charge < -0.3 is 20.1 Å². The van der Waals surface area contributed by atoms with Crippen molar-refractivity contribution in [3.05, 3.63) is 23.7 Å². The van der Waals surface area contributed by atoms with E-state index in [1.54, 1.807) is 38.9 Å². The van der Waals surface area contributed by atoms with Crippen LogP contribution in [0.4, 0.5) is 0 Å². The molecule has 124 valence electrons. The Kier molecular flexibility index (Phi) is 5.32. The lowest BCUT2D eigenvalue weighted by Crippen LogP contribution is -2.42. The highest BCUT2D eigenvalue weighted by Crippen LogP contribution is 2.36. The predicted molar refractivity (Wildman–Crippen MR) is 88.0 cm³/mol. The fraction of sp³-hybridized carbons (Fsp3) is 0.688. The average molecular weight is 309 g/mol. The van der Waals surface area contributed by atoms with Gasteiger partial charge in [-0.3, -0.25) is 4.79 Å². The molecule has 0 aromatic carbocycles. The molecule has 1 saturated heterocycles. The summed E-state index contributed by atoms with van der Waals surface area (Å²) in [7, 11) is -0.435. The predicted octanol–water partition coefficient (Wildman–Crippen LogP) is 1.99. The van der Waals surface area contributed by atoms with Gasteiger partial charge in [0.1, 0.15) is 0 Å². The van der Waals surface area contributed by atoms with Gasteiger partial charge in [-0.2, -0.15) is 0 Å². The van der Waals surface area contributed by atoms with Gasteiger partial charge in [0.15, 0.2) is 0 Å². The maximum absolute atomic E-state index is 11.4. The molecule has 1 heterocycles. The molecule has 6 heteroatoms. The van der Waals surface area contributed by atoms with Crippen LogP contribution >= 0.6 is 0 Å². The van der Waals surface area contributed by atoms with E-state index < -0.39 is 24.5 Å². The number of carbonyl (C=O) groups is 1. The molecule has 22 heavy (non-hydrogen) atoms. The van der Waals surface area contributed by atoms with E-state index in [4.69, 9.17) is 15.0 Å². The van der Waals surface area contributed by atoms with E-state index in [9.17, 15) is 9.90 Å². The first-order valence-corrected chi connectivity index (χ1v) is 7.50. The standard InChI is InChI=1S/C16H28BNO4/c1-11(12(19)14(2,3)13(18)20)9-8-10-17-21-15(4,5)16(6,7)22-17/h8-10,12,19H,1-7H3,(H2,18,20)/b10-8+,11-9-. The summed E-state index contributed by atoms with van der Waals surface area (Å²) in [6.07, 6.45) is 2.56. The lowest BCUT2D eigenvalue weighted by atomic mass is 9.82. The number of primary amides is 1. The fourth-order valence-corrected chi connectivity index (χ4v) is 2.06. The van der Waals surface area contributed by atoms with Crippen molar-refractivity contribution in [2.24, 2.45) is 11.1 Å². The topological polar surface area (TPSA) is 81.8 Å². The van der Waals surface area contributed by atoms with Gasteiger partial charge in [-0.25, -0.2) is 0 Å². The van der Waals surface area contributed by atoms with Crippen molar-refractivity contribution in [2.75, 3.05) is 0 Å². The average Bonchev–Trinajstić information content (AvgIpc) is 2.56. The molecule has 1 rings (SSSR count). The van der Waals surface area contributed by atoms with E-state index >= 15 is 0 Å². The van der Waals surface area contributed by atoms with Crippen LogP contribution in [-0.4, -0.2) is 35.4 Å². The zero-order valence-electron chi connectivity index (χ0n) is 14.6. The highest BCUT2D eigenvalue weighted by Gasteiger charge is 2.49. The number of rotatable bonds is 5. The molecule has 1 unspecified atom stereocenters. The van der Waals surface area contributed by atoms with Crippen LogP contribution in [0, 0.1) is 5.41 Å². The third-order valence-electron chi connectivity index (χ3n) is 4.65. The Labute approximate surface area is 133 Å². The number of hydrogen-bond donors (Lipinski definition) is 2. The van der Waals surface area contributed by atoms with Crippen molar-refractivity contribution in [3.8, 4) is 0 Å². The Morgan fingerprint density at radius 3 is 2.09 bits per heavy atom. The van der Waals surface area contributed by atoms with Crippen molar-refractivity contribution in [2.45, 2.75) is 65.8 Å². The first kappa shape index (κ1) is 18.9. The molecule has 3 N–H and O–H groups in total. The highest BCUT2D eigenvalue weighted by atomic mass is 16.7. The van der Waals surface area contributed by atoms with E-state index in [0.29, 0.717) is 5.57 Å². The minimum absolute atomic E-state index is 0.381. The molecule has 0 bridgehead atoms. The molecule has 1 fully saturated rings. The van der Waals surface area contributed by atoms with Crippen molar-refractivity contribution in [3.63, 3.8) is 0 Å². The molecule has 0 aromatic rings. The van der Waals surface area contributed by atoms with Gasteiger partial charge in [-0.05, 0) is 54.0 Å². The first-order chi connectivity index (χ1) is 9.81. The Balaban J connectivity index is 2.75. The number of allylic oxidation sites excluding steroid dienone is 2. The number of hydrogen-bond acceptors (Lipinski definition) is 4. The quantitative estimate of drug-likeness (QED) is 0.601. The second-order valence-corrected chi connectivity index (χ2v) is 7.41. The van der Waals surface area contributed by atoms with Crippen LogP contribution < -0.4 is 5.73 Å². The lowest BCUT2D eigenvalue weighted by molar-refractivity contribution is -0.130. The third kappa shape index (κ3) is 3.80. The number of amides is 1. The zero-order valence-corrected chi connectivity index (χ0v) is 14.6. The number of aliphatic hydroxyl groups is 1. The molecule has 5 nitrogen and oxygen atoms in total. The van der Waals surface area contributed by atoms with Crippen LogP contribution in [-0.2, 0) is 14.1 Å². The third-order valence-corrected chi connectivity index (χ3v) is 4.65. The van der Waals surface area contributed by atoms with Crippen LogP contribution in [0.1, 0.15) is 48.5 Å². The monoisotopic (exact) mass is 309 g/mol. The Hall–Kier alpha value is -1.11. The minimum Gasteiger partial charge on any atom is -0.400 e. The zero-order chi connectivity index (χ0) is 17.3. The number of carbonyl (C=O) groups excluding carboxylic acids is 1. The summed E-state index contributed by atoms with van der Waals surface area (Å²) in [6, 6.07) is 0. The van der Waals surface area contributed by atoms with E-state index in [1.807, 2.05) is 27.7 Å². The molecule has 1 amide bonds. The van der Waals surface area contributed by atoms with Crippen LogP contribution in [0.2, 0.25) is 0 Å². The van der Waals surface area contributed by atoms with E-state index in [-0.39, 0.29) is 11.2 Å². The van der Waals surface area contributed by atoms with E-state index in [2.05, 4.69) is 0 Å². The second-order valence-electron chi connectivity index (χ2n) is 7.41. The molecule has 0 spiro atoms. The number of nitrogens with two attached hydrogens (primary N) is 1. The molecule has 0 radical (unpaired) electrons. The molecule has 0 aromatic heterocycles. The lowest BCUT2D eigenvalue weighted by Gasteiger charge is -2.32. The maximum Gasteiger partial charge on any atom is 0.487 e. The summed E-state index contributed by atoms with van der Waals surface area (Å²) in [6.45, 7) is 12.9. The second kappa shape index (κ2) is 6.18. The molecule has 1 atom stereocenters. The van der Waals surface area contributed by atoms with Crippen molar-refractivity contribution < 1.29 is 19.2 Å². The van der Waals surface area contributed by atoms with Crippen molar-refractivity contribution in [1.82, 2.24) is 0 Å². The van der Waals surface area contributed by atoms with Crippen LogP contribution in [0.3, 0.4) is 0 Å². The van der Waals surface area contributed by atoms with Gasteiger partial charge in [0.25, 0.3) is 0 Å². The van der Waals surface area contributed by atoms with Crippen molar-refractivity contribution >= 4 is 13.0 Å². The molecule has 1 aliphatic rings.